The number of rotatable bonds is 6. The van der Waals surface area contributed by atoms with Crippen molar-refractivity contribution in [2.24, 2.45) is 0 Å². The molecule has 0 spiro atoms. The lowest BCUT2D eigenvalue weighted by atomic mass is 9.82. The van der Waals surface area contributed by atoms with E-state index in [9.17, 15) is 14.4 Å². The van der Waals surface area contributed by atoms with Gasteiger partial charge in [0.05, 0.1) is 35.7 Å². The van der Waals surface area contributed by atoms with Crippen molar-refractivity contribution in [3.63, 3.8) is 0 Å². The van der Waals surface area contributed by atoms with Gasteiger partial charge in [-0.05, 0) is 63.3 Å². The van der Waals surface area contributed by atoms with E-state index < -0.39 is 17.5 Å². The zero-order valence-electron chi connectivity index (χ0n) is 20.2. The predicted molar refractivity (Wildman–Crippen MR) is 128 cm³/mol. The summed E-state index contributed by atoms with van der Waals surface area (Å²) in [5.41, 5.74) is 2.60. The van der Waals surface area contributed by atoms with E-state index in [1.54, 1.807) is 18.2 Å². The van der Waals surface area contributed by atoms with Crippen LogP contribution in [0.4, 0.5) is 0 Å². The van der Waals surface area contributed by atoms with Crippen molar-refractivity contribution in [3.8, 4) is 11.5 Å². The van der Waals surface area contributed by atoms with Crippen LogP contribution in [0.15, 0.2) is 34.9 Å². The van der Waals surface area contributed by atoms with E-state index in [-0.39, 0.29) is 12.5 Å². The van der Waals surface area contributed by atoms with Gasteiger partial charge in [0, 0.05) is 5.39 Å². The highest BCUT2D eigenvalue weighted by Crippen LogP contribution is 2.45. The van der Waals surface area contributed by atoms with Crippen LogP contribution in [0.5, 0.6) is 0 Å². The van der Waals surface area contributed by atoms with Gasteiger partial charge in [0.25, 0.3) is 0 Å². The summed E-state index contributed by atoms with van der Waals surface area (Å²) in [7, 11) is 1.34. The number of hydrogen-bond acceptors (Lipinski definition) is 6. The lowest BCUT2D eigenvalue weighted by Crippen LogP contribution is -2.26. The first-order chi connectivity index (χ1) is 16.2. The smallest absolute Gasteiger partial charge is 0.337 e. The van der Waals surface area contributed by atoms with Crippen molar-refractivity contribution in [1.82, 2.24) is 4.57 Å². The van der Waals surface area contributed by atoms with Crippen molar-refractivity contribution < 1.29 is 28.3 Å². The molecule has 34 heavy (non-hydrogen) atoms. The summed E-state index contributed by atoms with van der Waals surface area (Å²) in [5.74, 6) is -0.197. The van der Waals surface area contributed by atoms with Crippen LogP contribution < -0.4 is 0 Å². The molecule has 0 N–H and O–H groups in total. The molecule has 4 rings (SSSR count). The molecule has 0 atom stereocenters. The third-order valence-corrected chi connectivity index (χ3v) is 6.28. The molecule has 1 saturated carbocycles. The summed E-state index contributed by atoms with van der Waals surface area (Å²) in [6.45, 7) is 5.37. The molecule has 0 amide bonds. The number of aromatic nitrogens is 1. The topological polar surface area (TPSA) is 87.7 Å². The minimum absolute atomic E-state index is 0.0839. The first-order valence-corrected chi connectivity index (χ1v) is 11.7. The summed E-state index contributed by atoms with van der Waals surface area (Å²) in [6.07, 6.45) is 7.68. The second-order valence-corrected chi connectivity index (χ2v) is 9.82. The Kier molecular flexibility index (Phi) is 6.64. The number of ether oxygens (including phenoxy) is 2. The van der Waals surface area contributed by atoms with Gasteiger partial charge in [0.15, 0.2) is 12.0 Å². The molecule has 180 valence electrons. The zero-order chi connectivity index (χ0) is 24.5. The van der Waals surface area contributed by atoms with E-state index in [4.69, 9.17) is 13.9 Å². The van der Waals surface area contributed by atoms with Gasteiger partial charge in [-0.25, -0.2) is 4.79 Å². The normalized spacial score (nSPS) is 14.8. The Hall–Kier alpha value is -3.35. The highest BCUT2D eigenvalue weighted by atomic mass is 16.6. The molecule has 7 heteroatoms. The number of fused-ring (bicyclic) bond motifs is 1. The fourth-order valence-electron chi connectivity index (χ4n) is 4.94. The summed E-state index contributed by atoms with van der Waals surface area (Å²) < 4.78 is 18.2. The van der Waals surface area contributed by atoms with Crippen molar-refractivity contribution in [1.29, 1.82) is 0 Å². The van der Waals surface area contributed by atoms with E-state index in [0.717, 1.165) is 42.9 Å². The number of aldehydes is 1. The van der Waals surface area contributed by atoms with Gasteiger partial charge in [0.1, 0.15) is 12.1 Å². The van der Waals surface area contributed by atoms with Crippen LogP contribution in [0.25, 0.3) is 22.4 Å². The molecule has 0 saturated heterocycles. The average Bonchev–Trinajstić information content (AvgIpc) is 3.39. The van der Waals surface area contributed by atoms with E-state index in [2.05, 4.69) is 0 Å². The third kappa shape index (κ3) is 4.65. The fraction of sp³-hybridized carbons (Fsp3) is 0.444. The fourth-order valence-corrected chi connectivity index (χ4v) is 4.94. The molecule has 1 aliphatic rings. The Bertz CT molecular complexity index is 1220. The van der Waals surface area contributed by atoms with Crippen LogP contribution >= 0.6 is 0 Å². The third-order valence-electron chi connectivity index (χ3n) is 6.28. The van der Waals surface area contributed by atoms with Crippen LogP contribution in [0.2, 0.25) is 0 Å². The summed E-state index contributed by atoms with van der Waals surface area (Å²) in [6, 6.07) is 7.02. The van der Waals surface area contributed by atoms with Crippen LogP contribution in [0.1, 0.15) is 85.1 Å². The molecule has 3 aromatic rings. The SMILES string of the molecule is COC(=O)c1ccc2c(C3CCCCC3)c(-c3occc3C=O)n(CC(=O)OC(C)(C)C)c2c1. The molecule has 2 aromatic heterocycles. The Labute approximate surface area is 199 Å². The number of carbonyl (C=O) groups excluding carboxylic acids is 3. The minimum atomic E-state index is -0.651. The van der Waals surface area contributed by atoms with Gasteiger partial charge in [-0.1, -0.05) is 25.3 Å². The predicted octanol–water partition coefficient (Wildman–Crippen LogP) is 5.89. The summed E-state index contributed by atoms with van der Waals surface area (Å²) in [4.78, 5) is 37.1. The lowest BCUT2D eigenvalue weighted by Gasteiger charge is -2.23. The monoisotopic (exact) mass is 465 g/mol. The number of carbonyl (C=O) groups is 3. The Balaban J connectivity index is 2.00. The molecule has 1 aromatic carbocycles. The number of methoxy groups -OCH3 is 1. The molecule has 0 aliphatic heterocycles. The standard InChI is InChI=1S/C27H31NO6/c1-27(2,3)34-22(30)15-28-21-14-18(26(31)32-4)10-11-20(21)23(17-8-6-5-7-9-17)24(28)25-19(16-29)12-13-33-25/h10-14,16-17H,5-9,15H2,1-4H3. The highest BCUT2D eigenvalue weighted by molar-refractivity contribution is 6.00. The summed E-state index contributed by atoms with van der Waals surface area (Å²) >= 11 is 0. The Morgan fingerprint density at radius 2 is 1.88 bits per heavy atom. The van der Waals surface area contributed by atoms with Gasteiger partial charge in [0.2, 0.25) is 0 Å². The van der Waals surface area contributed by atoms with Crippen LogP contribution in [-0.4, -0.2) is 35.5 Å². The molecule has 1 fully saturated rings. The number of benzene rings is 1. The molecule has 7 nitrogen and oxygen atoms in total. The molecule has 0 radical (unpaired) electrons. The molecular formula is C27H31NO6. The van der Waals surface area contributed by atoms with Gasteiger partial charge in [-0.15, -0.1) is 0 Å². The maximum atomic E-state index is 13.0. The van der Waals surface area contributed by atoms with Crippen LogP contribution in [-0.2, 0) is 20.8 Å². The Morgan fingerprint density at radius 1 is 1.15 bits per heavy atom. The summed E-state index contributed by atoms with van der Waals surface area (Å²) in [5, 5.41) is 0.936. The van der Waals surface area contributed by atoms with Gasteiger partial charge >= 0.3 is 11.9 Å². The first-order valence-electron chi connectivity index (χ1n) is 11.7. The maximum absolute atomic E-state index is 13.0. The number of furan rings is 1. The van der Waals surface area contributed by atoms with Gasteiger partial charge in [-0.3, -0.25) is 9.59 Å². The number of nitrogens with zero attached hydrogens (tertiary/aromatic N) is 1. The van der Waals surface area contributed by atoms with Crippen LogP contribution in [0, 0.1) is 0 Å². The largest absolute Gasteiger partial charge is 0.465 e. The van der Waals surface area contributed by atoms with Gasteiger partial charge < -0.3 is 18.5 Å². The first kappa shape index (κ1) is 23.8. The van der Waals surface area contributed by atoms with Crippen molar-refractivity contribution in [2.75, 3.05) is 7.11 Å². The Morgan fingerprint density at radius 3 is 2.53 bits per heavy atom. The van der Waals surface area contributed by atoms with E-state index >= 15 is 0 Å². The van der Waals surface area contributed by atoms with Crippen LogP contribution in [0.3, 0.4) is 0 Å². The van der Waals surface area contributed by atoms with Crippen molar-refractivity contribution in [2.45, 2.75) is 70.9 Å². The second-order valence-electron chi connectivity index (χ2n) is 9.82. The van der Waals surface area contributed by atoms with E-state index in [1.165, 1.54) is 19.8 Å². The van der Waals surface area contributed by atoms with E-state index in [1.807, 2.05) is 31.4 Å². The molecule has 1 aliphatic carbocycles. The van der Waals surface area contributed by atoms with Gasteiger partial charge in [-0.2, -0.15) is 0 Å². The lowest BCUT2D eigenvalue weighted by molar-refractivity contribution is -0.155. The zero-order valence-corrected chi connectivity index (χ0v) is 20.2. The average molecular weight is 466 g/mol. The number of hydrogen-bond donors (Lipinski definition) is 0. The number of esters is 2. The minimum Gasteiger partial charge on any atom is -0.465 e. The quantitative estimate of drug-likeness (QED) is 0.333. The van der Waals surface area contributed by atoms with Crippen molar-refractivity contribution >= 4 is 29.1 Å². The molecule has 0 bridgehead atoms. The van der Waals surface area contributed by atoms with E-state index in [0.29, 0.717) is 28.1 Å². The molecule has 2 heterocycles. The molecular weight excluding hydrogens is 434 g/mol. The maximum Gasteiger partial charge on any atom is 0.337 e. The molecule has 0 unspecified atom stereocenters. The van der Waals surface area contributed by atoms with Crippen molar-refractivity contribution in [3.05, 3.63) is 47.2 Å². The second kappa shape index (κ2) is 9.49. The highest BCUT2D eigenvalue weighted by Gasteiger charge is 2.31.